The summed E-state index contributed by atoms with van der Waals surface area (Å²) in [6.07, 6.45) is 3.34. The number of halogens is 1. The van der Waals surface area contributed by atoms with E-state index in [0.29, 0.717) is 10.9 Å². The van der Waals surface area contributed by atoms with Gasteiger partial charge in [-0.15, -0.1) is 0 Å². The molecule has 1 unspecified atom stereocenters. The van der Waals surface area contributed by atoms with Crippen molar-refractivity contribution in [2.24, 2.45) is 4.99 Å². The molecule has 0 saturated carbocycles. The van der Waals surface area contributed by atoms with Gasteiger partial charge in [-0.25, -0.2) is 4.99 Å². The van der Waals surface area contributed by atoms with Crippen molar-refractivity contribution in [3.63, 3.8) is 0 Å². The molecule has 1 rings (SSSR count). The first kappa shape index (κ1) is 13.2. The van der Waals surface area contributed by atoms with Crippen LogP contribution in [-0.2, 0) is 10.8 Å². The second kappa shape index (κ2) is 6.01. The maximum absolute atomic E-state index is 11.0. The fourth-order valence-electron chi connectivity index (χ4n) is 1.24. The van der Waals surface area contributed by atoms with Crippen LogP contribution in [0.3, 0.4) is 0 Å². The quantitative estimate of drug-likeness (QED) is 0.614. The van der Waals surface area contributed by atoms with Gasteiger partial charge in [-0.2, -0.15) is 0 Å². The zero-order chi connectivity index (χ0) is 12.1. The highest BCUT2D eigenvalue weighted by molar-refractivity contribution is 7.84. The SMILES string of the molecule is Cc1cc(Cl)ccc1N=CN(C)CS(C)=O. The minimum atomic E-state index is -0.849. The van der Waals surface area contributed by atoms with Gasteiger partial charge in [-0.3, -0.25) is 4.21 Å². The summed E-state index contributed by atoms with van der Waals surface area (Å²) in [5, 5.41) is 0.708. The number of aliphatic imine (C=N–C) groups is 1. The molecule has 88 valence electrons. The molecule has 0 spiro atoms. The monoisotopic (exact) mass is 258 g/mol. The van der Waals surface area contributed by atoms with E-state index in [1.54, 1.807) is 23.6 Å². The molecule has 0 amide bonds. The molecule has 0 fully saturated rings. The molecule has 0 heterocycles. The molecule has 0 aliphatic heterocycles. The maximum Gasteiger partial charge on any atom is 0.0940 e. The van der Waals surface area contributed by atoms with Crippen LogP contribution in [-0.4, -0.2) is 34.6 Å². The molecule has 1 atom stereocenters. The highest BCUT2D eigenvalue weighted by Gasteiger charge is 1.98. The largest absolute Gasteiger partial charge is 0.354 e. The lowest BCUT2D eigenvalue weighted by atomic mass is 10.2. The fraction of sp³-hybridized carbons (Fsp3) is 0.364. The van der Waals surface area contributed by atoms with Crippen LogP contribution < -0.4 is 0 Å². The Labute approximate surface area is 104 Å². The van der Waals surface area contributed by atoms with Gasteiger partial charge in [-0.05, 0) is 30.7 Å². The lowest BCUT2D eigenvalue weighted by molar-refractivity contribution is 0.597. The molecular weight excluding hydrogens is 244 g/mol. The topological polar surface area (TPSA) is 32.7 Å². The van der Waals surface area contributed by atoms with Crippen LogP contribution in [0.1, 0.15) is 5.56 Å². The summed E-state index contributed by atoms with van der Waals surface area (Å²) in [5.41, 5.74) is 1.90. The van der Waals surface area contributed by atoms with Crippen molar-refractivity contribution in [1.82, 2.24) is 4.90 Å². The van der Waals surface area contributed by atoms with Crippen molar-refractivity contribution in [2.45, 2.75) is 6.92 Å². The van der Waals surface area contributed by atoms with E-state index in [2.05, 4.69) is 4.99 Å². The van der Waals surface area contributed by atoms with Crippen LogP contribution in [0.4, 0.5) is 5.69 Å². The molecule has 5 heteroatoms. The van der Waals surface area contributed by atoms with Crippen LogP contribution >= 0.6 is 11.6 Å². The minimum absolute atomic E-state index is 0.482. The van der Waals surface area contributed by atoms with Gasteiger partial charge in [0.1, 0.15) is 0 Å². The molecule has 0 saturated heterocycles. The predicted molar refractivity (Wildman–Crippen MR) is 71.0 cm³/mol. The normalized spacial score (nSPS) is 13.0. The summed E-state index contributed by atoms with van der Waals surface area (Å²) in [4.78, 5) is 6.10. The zero-order valence-electron chi connectivity index (χ0n) is 9.61. The molecule has 0 aliphatic rings. The first-order valence-electron chi connectivity index (χ1n) is 4.79. The summed E-state index contributed by atoms with van der Waals surface area (Å²) in [6, 6.07) is 5.54. The van der Waals surface area contributed by atoms with Crippen molar-refractivity contribution in [3.05, 3.63) is 28.8 Å². The average molecular weight is 259 g/mol. The average Bonchev–Trinajstić information content (AvgIpc) is 2.15. The van der Waals surface area contributed by atoms with E-state index < -0.39 is 10.8 Å². The Morgan fingerprint density at radius 2 is 2.25 bits per heavy atom. The van der Waals surface area contributed by atoms with E-state index in [4.69, 9.17) is 11.6 Å². The fourth-order valence-corrected chi connectivity index (χ4v) is 2.11. The number of hydrogen-bond acceptors (Lipinski definition) is 2. The molecule has 3 nitrogen and oxygen atoms in total. The van der Waals surface area contributed by atoms with Gasteiger partial charge in [0.05, 0.1) is 17.9 Å². The zero-order valence-corrected chi connectivity index (χ0v) is 11.2. The Bertz CT molecular complexity index is 420. The third kappa shape index (κ3) is 4.33. The number of nitrogens with zero attached hydrogens (tertiary/aromatic N) is 2. The van der Waals surface area contributed by atoms with E-state index in [1.807, 2.05) is 26.1 Å². The van der Waals surface area contributed by atoms with Crippen LogP contribution in [0, 0.1) is 6.92 Å². The van der Waals surface area contributed by atoms with Crippen molar-refractivity contribution in [1.29, 1.82) is 0 Å². The molecular formula is C11H15ClN2OS. The molecule has 0 N–H and O–H groups in total. The third-order valence-corrected chi connectivity index (χ3v) is 2.94. The number of aryl methyl sites for hydroxylation is 1. The minimum Gasteiger partial charge on any atom is -0.354 e. The van der Waals surface area contributed by atoms with Crippen molar-refractivity contribution >= 4 is 34.4 Å². The summed E-state index contributed by atoms with van der Waals surface area (Å²) in [5.74, 6) is 0.482. The molecule has 1 aromatic carbocycles. The lowest BCUT2D eigenvalue weighted by Gasteiger charge is -2.10. The van der Waals surface area contributed by atoms with Crippen LogP contribution in [0.5, 0.6) is 0 Å². The summed E-state index contributed by atoms with van der Waals surface area (Å²) in [6.45, 7) is 1.95. The Kier molecular flexibility index (Phi) is 4.96. The molecule has 0 radical (unpaired) electrons. The van der Waals surface area contributed by atoms with Crippen molar-refractivity contribution in [2.75, 3.05) is 19.2 Å². The first-order valence-corrected chi connectivity index (χ1v) is 6.90. The molecule has 0 aliphatic carbocycles. The number of hydrogen-bond donors (Lipinski definition) is 0. The summed E-state index contributed by atoms with van der Waals surface area (Å²) >= 11 is 5.85. The van der Waals surface area contributed by atoms with E-state index in [9.17, 15) is 4.21 Å². The molecule has 1 aromatic rings. The smallest absolute Gasteiger partial charge is 0.0940 e. The van der Waals surface area contributed by atoms with Crippen LogP contribution in [0.2, 0.25) is 5.02 Å². The number of benzene rings is 1. The summed E-state index contributed by atoms with van der Waals surface area (Å²) in [7, 11) is 0.994. The maximum atomic E-state index is 11.0. The predicted octanol–water partition coefficient (Wildman–Crippen LogP) is 2.58. The Hall–Kier alpha value is -0.870. The van der Waals surface area contributed by atoms with Gasteiger partial charge < -0.3 is 4.90 Å². The van der Waals surface area contributed by atoms with Gasteiger partial charge in [0.25, 0.3) is 0 Å². The summed E-state index contributed by atoms with van der Waals surface area (Å²) < 4.78 is 11.0. The van der Waals surface area contributed by atoms with E-state index >= 15 is 0 Å². The Morgan fingerprint density at radius 1 is 1.56 bits per heavy atom. The van der Waals surface area contributed by atoms with Gasteiger partial charge in [0.2, 0.25) is 0 Å². The van der Waals surface area contributed by atoms with E-state index in [0.717, 1.165) is 11.3 Å². The van der Waals surface area contributed by atoms with Crippen molar-refractivity contribution < 1.29 is 4.21 Å². The highest BCUT2D eigenvalue weighted by atomic mass is 35.5. The van der Waals surface area contributed by atoms with Crippen molar-refractivity contribution in [3.8, 4) is 0 Å². The van der Waals surface area contributed by atoms with E-state index in [-0.39, 0.29) is 0 Å². The standard InChI is InChI=1S/C11H15ClN2OS/c1-9-6-10(12)4-5-11(9)13-7-14(2)8-16(3)15/h4-7H,8H2,1-3H3. The Balaban J connectivity index is 2.72. The molecule has 0 bridgehead atoms. The second-order valence-corrected chi connectivity index (χ2v) is 5.48. The molecule has 0 aromatic heterocycles. The second-order valence-electron chi connectivity index (χ2n) is 3.63. The first-order chi connectivity index (χ1) is 7.49. The Morgan fingerprint density at radius 3 is 2.81 bits per heavy atom. The highest BCUT2D eigenvalue weighted by Crippen LogP contribution is 2.21. The number of rotatable bonds is 4. The van der Waals surface area contributed by atoms with Gasteiger partial charge in [0, 0.05) is 29.1 Å². The van der Waals surface area contributed by atoms with Gasteiger partial charge >= 0.3 is 0 Å². The van der Waals surface area contributed by atoms with Gasteiger partial charge in [-0.1, -0.05) is 11.6 Å². The molecule has 16 heavy (non-hydrogen) atoms. The lowest BCUT2D eigenvalue weighted by Crippen LogP contribution is -2.20. The third-order valence-electron chi connectivity index (χ3n) is 1.94. The van der Waals surface area contributed by atoms with Gasteiger partial charge in [0.15, 0.2) is 0 Å². The van der Waals surface area contributed by atoms with Crippen LogP contribution in [0.15, 0.2) is 23.2 Å². The van der Waals surface area contributed by atoms with Crippen LogP contribution in [0.25, 0.3) is 0 Å². The van der Waals surface area contributed by atoms with E-state index in [1.165, 1.54) is 0 Å².